The van der Waals surface area contributed by atoms with Gasteiger partial charge in [0.05, 0.1) is 10.4 Å². The van der Waals surface area contributed by atoms with Crippen molar-refractivity contribution in [3.8, 4) is 10.4 Å². The molecule has 20 heavy (non-hydrogen) atoms. The van der Waals surface area contributed by atoms with Gasteiger partial charge in [-0.3, -0.25) is 4.79 Å². The number of halogens is 3. The minimum absolute atomic E-state index is 0.0756. The van der Waals surface area contributed by atoms with Crippen LogP contribution in [0.1, 0.15) is 25.3 Å². The highest BCUT2D eigenvalue weighted by Gasteiger charge is 2.30. The summed E-state index contributed by atoms with van der Waals surface area (Å²) in [6.45, 7) is 2.68. The van der Waals surface area contributed by atoms with Gasteiger partial charge in [0, 0.05) is 12.7 Å². The Morgan fingerprint density at radius 3 is 2.40 bits per heavy atom. The van der Waals surface area contributed by atoms with Gasteiger partial charge in [-0.15, -0.1) is 0 Å². The molecule has 0 aliphatic rings. The molecule has 0 N–H and O–H groups in total. The summed E-state index contributed by atoms with van der Waals surface area (Å²) in [4.78, 5) is 12.4. The van der Waals surface area contributed by atoms with Crippen molar-refractivity contribution in [2.24, 2.45) is 0 Å². The average molecular weight is 301 g/mol. The molecule has 0 spiro atoms. The molecule has 2 nitrogen and oxygen atoms in total. The van der Waals surface area contributed by atoms with E-state index in [0.29, 0.717) is 17.0 Å². The van der Waals surface area contributed by atoms with Crippen molar-refractivity contribution in [1.29, 1.82) is 0 Å². The second kappa shape index (κ2) is 5.83. The molecule has 0 bridgehead atoms. The molecule has 6 heteroatoms. The van der Waals surface area contributed by atoms with E-state index in [1.807, 2.05) is 6.92 Å². The van der Waals surface area contributed by atoms with Crippen LogP contribution in [0.5, 0.6) is 0 Å². The lowest BCUT2D eigenvalue weighted by Crippen LogP contribution is -2.11. The monoisotopic (exact) mass is 301 g/mol. The van der Waals surface area contributed by atoms with Gasteiger partial charge in [0.1, 0.15) is 0 Å². The summed E-state index contributed by atoms with van der Waals surface area (Å²) in [5.74, 6) is 0. The van der Waals surface area contributed by atoms with E-state index in [9.17, 15) is 18.0 Å². The smallest absolute Gasteiger partial charge is 0.305 e. The number of unbranched alkanes of at least 4 members (excludes halogenated alkanes) is 1. The molecule has 0 fully saturated rings. The molecule has 0 aliphatic heterocycles. The first kappa shape index (κ1) is 14.8. The normalized spacial score (nSPS) is 11.8. The lowest BCUT2D eigenvalue weighted by molar-refractivity contribution is -0.137. The molecule has 2 rings (SSSR count). The molecular formula is C14H14F3NOS. The Morgan fingerprint density at radius 2 is 1.85 bits per heavy atom. The Hall–Kier alpha value is -1.56. The molecule has 0 amide bonds. The van der Waals surface area contributed by atoms with Crippen LogP contribution in [-0.2, 0) is 12.7 Å². The van der Waals surface area contributed by atoms with Gasteiger partial charge in [-0.2, -0.15) is 13.2 Å². The van der Waals surface area contributed by atoms with Crippen LogP contribution >= 0.6 is 11.3 Å². The third-order valence-corrected chi connectivity index (χ3v) is 3.92. The number of aryl methyl sites for hydroxylation is 1. The predicted octanol–water partition coefficient (Wildman–Crippen LogP) is 4.40. The summed E-state index contributed by atoms with van der Waals surface area (Å²) in [6.07, 6.45) is -0.731. The summed E-state index contributed by atoms with van der Waals surface area (Å²) < 4.78 is 39.0. The Morgan fingerprint density at radius 1 is 1.20 bits per heavy atom. The van der Waals surface area contributed by atoms with Gasteiger partial charge >= 0.3 is 11.0 Å². The molecule has 0 saturated carbocycles. The first-order valence-corrected chi connectivity index (χ1v) is 7.11. The van der Waals surface area contributed by atoms with Crippen LogP contribution in [0.25, 0.3) is 10.4 Å². The zero-order valence-corrected chi connectivity index (χ0v) is 11.7. The molecule has 2 aromatic rings. The van der Waals surface area contributed by atoms with E-state index in [1.165, 1.54) is 12.1 Å². The third-order valence-electron chi connectivity index (χ3n) is 2.95. The number of thiazole rings is 1. The van der Waals surface area contributed by atoms with E-state index >= 15 is 0 Å². The van der Waals surface area contributed by atoms with Crippen molar-refractivity contribution >= 4 is 11.3 Å². The van der Waals surface area contributed by atoms with Crippen molar-refractivity contribution in [3.05, 3.63) is 45.7 Å². The van der Waals surface area contributed by atoms with E-state index in [-0.39, 0.29) is 4.87 Å². The maximum absolute atomic E-state index is 12.5. The lowest BCUT2D eigenvalue weighted by Gasteiger charge is -2.06. The Labute approximate surface area is 118 Å². The fourth-order valence-electron chi connectivity index (χ4n) is 1.81. The van der Waals surface area contributed by atoms with Gasteiger partial charge < -0.3 is 4.57 Å². The van der Waals surface area contributed by atoms with Gasteiger partial charge in [-0.05, 0) is 24.1 Å². The highest BCUT2D eigenvalue weighted by atomic mass is 32.1. The number of hydrogen-bond acceptors (Lipinski definition) is 2. The maximum Gasteiger partial charge on any atom is 0.416 e. The topological polar surface area (TPSA) is 22.0 Å². The van der Waals surface area contributed by atoms with Crippen LogP contribution in [0.3, 0.4) is 0 Å². The third kappa shape index (κ3) is 3.30. The first-order chi connectivity index (χ1) is 9.41. The number of aromatic nitrogens is 1. The van der Waals surface area contributed by atoms with Gasteiger partial charge in [0.15, 0.2) is 0 Å². The highest BCUT2D eigenvalue weighted by molar-refractivity contribution is 7.12. The van der Waals surface area contributed by atoms with Crippen LogP contribution in [0.2, 0.25) is 0 Å². The van der Waals surface area contributed by atoms with Crippen LogP contribution < -0.4 is 4.87 Å². The van der Waals surface area contributed by atoms with E-state index in [0.717, 1.165) is 36.3 Å². The zero-order chi connectivity index (χ0) is 14.8. The fraction of sp³-hybridized carbons (Fsp3) is 0.357. The Balaban J connectivity index is 2.26. The summed E-state index contributed by atoms with van der Waals surface area (Å²) >= 11 is 1.06. The van der Waals surface area contributed by atoms with Gasteiger partial charge in [-0.1, -0.05) is 36.8 Å². The number of hydrogen-bond donors (Lipinski definition) is 0. The van der Waals surface area contributed by atoms with Gasteiger partial charge in [-0.25, -0.2) is 0 Å². The molecule has 0 unspecified atom stereocenters. The second-order valence-electron chi connectivity index (χ2n) is 4.48. The lowest BCUT2D eigenvalue weighted by atomic mass is 10.1. The fourth-order valence-corrected chi connectivity index (χ4v) is 2.70. The molecular weight excluding hydrogens is 287 g/mol. The number of benzene rings is 1. The summed E-state index contributed by atoms with van der Waals surface area (Å²) in [7, 11) is 0. The summed E-state index contributed by atoms with van der Waals surface area (Å²) in [5, 5.41) is 0. The molecule has 1 heterocycles. The molecule has 0 atom stereocenters. The van der Waals surface area contributed by atoms with Gasteiger partial charge in [0.2, 0.25) is 0 Å². The molecule has 1 aromatic heterocycles. The SMILES string of the molecule is CCCCn1cc(-c2ccc(C(F)(F)F)cc2)sc1=O. The Kier molecular flexibility index (Phi) is 4.32. The van der Waals surface area contributed by atoms with Crippen molar-refractivity contribution in [3.63, 3.8) is 0 Å². The molecule has 0 aliphatic carbocycles. The van der Waals surface area contributed by atoms with Crippen molar-refractivity contribution in [1.82, 2.24) is 4.57 Å². The molecule has 0 saturated heterocycles. The highest BCUT2D eigenvalue weighted by Crippen LogP contribution is 2.31. The van der Waals surface area contributed by atoms with E-state index in [2.05, 4.69) is 0 Å². The van der Waals surface area contributed by atoms with Crippen molar-refractivity contribution in [2.45, 2.75) is 32.5 Å². The number of rotatable bonds is 4. The minimum Gasteiger partial charge on any atom is -0.305 e. The van der Waals surface area contributed by atoms with E-state index < -0.39 is 11.7 Å². The van der Waals surface area contributed by atoms with E-state index in [1.54, 1.807) is 10.8 Å². The summed E-state index contributed by atoms with van der Waals surface area (Å²) in [5.41, 5.74) is -0.0469. The van der Waals surface area contributed by atoms with Crippen LogP contribution in [-0.4, -0.2) is 4.57 Å². The van der Waals surface area contributed by atoms with Gasteiger partial charge in [0.25, 0.3) is 0 Å². The molecule has 1 aromatic carbocycles. The van der Waals surface area contributed by atoms with E-state index in [4.69, 9.17) is 0 Å². The number of nitrogens with zero attached hydrogens (tertiary/aromatic N) is 1. The first-order valence-electron chi connectivity index (χ1n) is 6.29. The van der Waals surface area contributed by atoms with Crippen molar-refractivity contribution in [2.75, 3.05) is 0 Å². The average Bonchev–Trinajstić information content (AvgIpc) is 2.77. The van der Waals surface area contributed by atoms with Crippen molar-refractivity contribution < 1.29 is 13.2 Å². The minimum atomic E-state index is -4.33. The van der Waals surface area contributed by atoms with Crippen LogP contribution in [0.15, 0.2) is 35.3 Å². The zero-order valence-electron chi connectivity index (χ0n) is 10.9. The number of alkyl halides is 3. The quantitative estimate of drug-likeness (QED) is 0.820. The molecule has 0 radical (unpaired) electrons. The maximum atomic E-state index is 12.5. The van der Waals surface area contributed by atoms with Crippen LogP contribution in [0.4, 0.5) is 13.2 Å². The largest absolute Gasteiger partial charge is 0.416 e. The summed E-state index contributed by atoms with van der Waals surface area (Å²) in [6, 6.07) is 4.88. The van der Waals surface area contributed by atoms with Crippen LogP contribution in [0, 0.1) is 0 Å². The Bertz CT molecular complexity index is 625. The second-order valence-corrected chi connectivity index (χ2v) is 5.48. The molecule has 108 valence electrons. The predicted molar refractivity (Wildman–Crippen MR) is 73.9 cm³/mol. The standard InChI is InChI=1S/C14H14F3NOS/c1-2-3-8-18-9-12(20-13(18)19)10-4-6-11(7-5-10)14(15,16)17/h4-7,9H,2-3,8H2,1H3.